The fourth-order valence-electron chi connectivity index (χ4n) is 2.45. The maximum Gasteiger partial charge on any atom is 0.271 e. The normalized spacial score (nSPS) is 27.4. The Morgan fingerprint density at radius 1 is 1.67 bits per heavy atom. The molecule has 1 saturated carbocycles. The maximum atomic E-state index is 12.0. The first-order chi connectivity index (χ1) is 8.69. The summed E-state index contributed by atoms with van der Waals surface area (Å²) < 4.78 is 0. The van der Waals surface area contributed by atoms with Crippen LogP contribution in [0.25, 0.3) is 0 Å². The van der Waals surface area contributed by atoms with Crippen molar-refractivity contribution in [3.05, 3.63) is 16.6 Å². The molecule has 0 aliphatic heterocycles. The third kappa shape index (κ3) is 2.70. The van der Waals surface area contributed by atoms with Crippen LogP contribution in [0.5, 0.6) is 0 Å². The number of nitriles is 1. The number of rotatable bonds is 3. The molecule has 1 aromatic rings. The molecule has 1 fully saturated rings. The first kappa shape index (κ1) is 13.0. The van der Waals surface area contributed by atoms with Gasteiger partial charge in [0.05, 0.1) is 11.6 Å². The van der Waals surface area contributed by atoms with Gasteiger partial charge < -0.3 is 5.32 Å². The van der Waals surface area contributed by atoms with Crippen molar-refractivity contribution in [3.63, 3.8) is 0 Å². The lowest BCUT2D eigenvalue weighted by molar-refractivity contribution is 0.0887. The molecule has 1 aliphatic carbocycles. The van der Waals surface area contributed by atoms with E-state index in [1.165, 1.54) is 11.3 Å². The van der Waals surface area contributed by atoms with Gasteiger partial charge in [-0.15, -0.1) is 11.3 Å². The third-order valence-corrected chi connectivity index (χ3v) is 4.35. The molecule has 0 radical (unpaired) electrons. The molecule has 0 unspecified atom stereocenters. The predicted octanol–water partition coefficient (Wildman–Crippen LogP) is 2.74. The Morgan fingerprint density at radius 2 is 2.39 bits per heavy atom. The van der Waals surface area contributed by atoms with Gasteiger partial charge in [-0.2, -0.15) is 5.26 Å². The lowest BCUT2D eigenvalue weighted by Gasteiger charge is -2.35. The van der Waals surface area contributed by atoms with Gasteiger partial charge in [-0.25, -0.2) is 4.98 Å². The van der Waals surface area contributed by atoms with E-state index >= 15 is 0 Å². The monoisotopic (exact) mass is 263 g/mol. The largest absolute Gasteiger partial charge is 0.332 e. The summed E-state index contributed by atoms with van der Waals surface area (Å²) in [5.74, 6) is 0.468. The van der Waals surface area contributed by atoms with Crippen LogP contribution >= 0.6 is 11.3 Å². The molecule has 5 heteroatoms. The maximum absolute atomic E-state index is 12.0. The van der Waals surface area contributed by atoms with Crippen LogP contribution in [0.15, 0.2) is 10.9 Å². The van der Waals surface area contributed by atoms with Gasteiger partial charge in [0.2, 0.25) is 0 Å². The molecule has 4 nitrogen and oxygen atoms in total. The second-order valence-corrected chi connectivity index (χ2v) is 5.59. The molecule has 18 heavy (non-hydrogen) atoms. The second-order valence-electron chi connectivity index (χ2n) is 4.87. The van der Waals surface area contributed by atoms with Gasteiger partial charge in [0.15, 0.2) is 0 Å². The van der Waals surface area contributed by atoms with Crippen molar-refractivity contribution in [1.29, 1.82) is 5.26 Å². The molecule has 1 aliphatic rings. The highest BCUT2D eigenvalue weighted by Gasteiger charge is 2.36. The molecule has 96 valence electrons. The Bertz CT molecular complexity index is 441. The van der Waals surface area contributed by atoms with Gasteiger partial charge in [0.1, 0.15) is 11.2 Å². The van der Waals surface area contributed by atoms with E-state index in [2.05, 4.69) is 23.3 Å². The van der Waals surface area contributed by atoms with Crippen molar-refractivity contribution in [2.75, 3.05) is 0 Å². The van der Waals surface area contributed by atoms with E-state index in [0.29, 0.717) is 11.6 Å². The fourth-order valence-corrected chi connectivity index (χ4v) is 2.98. The fraction of sp³-hybridized carbons (Fsp3) is 0.615. The van der Waals surface area contributed by atoms with Crippen molar-refractivity contribution in [2.45, 2.75) is 44.6 Å². The molecule has 1 N–H and O–H groups in total. The minimum atomic E-state index is -0.688. The van der Waals surface area contributed by atoms with Crippen molar-refractivity contribution < 1.29 is 4.79 Å². The lowest BCUT2D eigenvalue weighted by Crippen LogP contribution is -2.49. The Kier molecular flexibility index (Phi) is 3.97. The van der Waals surface area contributed by atoms with Crippen molar-refractivity contribution >= 4 is 17.2 Å². The molecule has 1 heterocycles. The molecule has 2 rings (SSSR count). The van der Waals surface area contributed by atoms with Gasteiger partial charge in [-0.3, -0.25) is 4.79 Å². The summed E-state index contributed by atoms with van der Waals surface area (Å²) in [6, 6.07) is 2.30. The van der Waals surface area contributed by atoms with Gasteiger partial charge in [-0.1, -0.05) is 13.3 Å². The highest BCUT2D eigenvalue weighted by Crippen LogP contribution is 2.33. The number of thiazole rings is 1. The van der Waals surface area contributed by atoms with Gasteiger partial charge in [0, 0.05) is 5.38 Å². The molecule has 0 atom stereocenters. The standard InChI is InChI=1S/C13H17N3OS/c1-2-10-3-5-13(8-14,6-4-10)16-12(17)11-7-18-9-15-11/h7,9-10H,2-6H2,1H3,(H,16,17). The van der Waals surface area contributed by atoms with Crippen LogP contribution in [0.2, 0.25) is 0 Å². The number of nitrogens with one attached hydrogen (secondary N) is 1. The van der Waals surface area contributed by atoms with E-state index in [1.807, 2.05) is 0 Å². The van der Waals surface area contributed by atoms with Gasteiger partial charge in [-0.05, 0) is 31.6 Å². The average molecular weight is 263 g/mol. The van der Waals surface area contributed by atoms with E-state index in [-0.39, 0.29) is 5.91 Å². The zero-order valence-electron chi connectivity index (χ0n) is 10.5. The topological polar surface area (TPSA) is 65.8 Å². The van der Waals surface area contributed by atoms with Crippen LogP contribution in [0.1, 0.15) is 49.5 Å². The summed E-state index contributed by atoms with van der Waals surface area (Å²) in [4.78, 5) is 15.9. The van der Waals surface area contributed by atoms with Gasteiger partial charge >= 0.3 is 0 Å². The number of aromatic nitrogens is 1. The Hall–Kier alpha value is -1.41. The van der Waals surface area contributed by atoms with Gasteiger partial charge in [0.25, 0.3) is 5.91 Å². The summed E-state index contributed by atoms with van der Waals surface area (Å²) in [7, 11) is 0. The predicted molar refractivity (Wildman–Crippen MR) is 70.2 cm³/mol. The van der Waals surface area contributed by atoms with Crippen LogP contribution in [0, 0.1) is 17.2 Å². The average Bonchev–Trinajstić information content (AvgIpc) is 2.93. The minimum absolute atomic E-state index is 0.229. The van der Waals surface area contributed by atoms with Crippen molar-refractivity contribution in [1.82, 2.24) is 10.3 Å². The Balaban J connectivity index is 2.02. The Labute approximate surface area is 111 Å². The molecule has 0 bridgehead atoms. The molecule has 1 amide bonds. The summed E-state index contributed by atoms with van der Waals surface area (Å²) >= 11 is 1.39. The minimum Gasteiger partial charge on any atom is -0.332 e. The SMILES string of the molecule is CCC1CCC(C#N)(NC(=O)c2cscn2)CC1. The van der Waals surface area contributed by atoms with E-state index < -0.39 is 5.54 Å². The summed E-state index contributed by atoms with van der Waals surface area (Å²) in [5.41, 5.74) is 1.35. The molecule has 0 aromatic carbocycles. The zero-order valence-corrected chi connectivity index (χ0v) is 11.3. The summed E-state index contributed by atoms with van der Waals surface area (Å²) in [5, 5.41) is 13.9. The van der Waals surface area contributed by atoms with E-state index in [9.17, 15) is 10.1 Å². The van der Waals surface area contributed by atoms with Crippen LogP contribution in [-0.4, -0.2) is 16.4 Å². The summed E-state index contributed by atoms with van der Waals surface area (Å²) in [6.45, 7) is 2.18. The van der Waals surface area contributed by atoms with E-state index in [1.54, 1.807) is 10.9 Å². The highest BCUT2D eigenvalue weighted by molar-refractivity contribution is 7.07. The number of nitrogens with zero attached hydrogens (tertiary/aromatic N) is 2. The number of hydrogen-bond acceptors (Lipinski definition) is 4. The highest BCUT2D eigenvalue weighted by atomic mass is 32.1. The van der Waals surface area contributed by atoms with E-state index in [0.717, 1.165) is 32.1 Å². The number of amides is 1. The van der Waals surface area contributed by atoms with Crippen LogP contribution in [0.4, 0.5) is 0 Å². The number of carbonyl (C=O) groups excluding carboxylic acids is 1. The Morgan fingerprint density at radius 3 is 2.89 bits per heavy atom. The van der Waals surface area contributed by atoms with Crippen molar-refractivity contribution in [2.24, 2.45) is 5.92 Å². The molecular formula is C13H17N3OS. The third-order valence-electron chi connectivity index (χ3n) is 3.77. The smallest absolute Gasteiger partial charge is 0.271 e. The first-order valence-corrected chi connectivity index (χ1v) is 7.25. The first-order valence-electron chi connectivity index (χ1n) is 6.31. The van der Waals surface area contributed by atoms with E-state index in [4.69, 9.17) is 0 Å². The molecular weight excluding hydrogens is 246 g/mol. The number of carbonyl (C=O) groups is 1. The second kappa shape index (κ2) is 5.49. The molecule has 0 saturated heterocycles. The van der Waals surface area contributed by atoms with Crippen LogP contribution < -0.4 is 5.32 Å². The zero-order chi connectivity index (χ0) is 13.0. The quantitative estimate of drug-likeness (QED) is 0.911. The number of hydrogen-bond donors (Lipinski definition) is 1. The summed E-state index contributed by atoms with van der Waals surface area (Å²) in [6.07, 6.45) is 4.68. The molecule has 0 spiro atoms. The lowest BCUT2D eigenvalue weighted by atomic mass is 9.76. The molecule has 1 aromatic heterocycles. The van der Waals surface area contributed by atoms with Crippen LogP contribution in [-0.2, 0) is 0 Å². The van der Waals surface area contributed by atoms with Crippen LogP contribution in [0.3, 0.4) is 0 Å². The van der Waals surface area contributed by atoms with Crippen molar-refractivity contribution in [3.8, 4) is 6.07 Å².